The summed E-state index contributed by atoms with van der Waals surface area (Å²) in [6, 6.07) is 11.7. The number of anilines is 1. The maximum atomic E-state index is 11.9. The van der Waals surface area contributed by atoms with Gasteiger partial charge in [-0.25, -0.2) is 4.79 Å². The number of rotatable bonds is 5. The molecule has 4 rings (SSSR count). The van der Waals surface area contributed by atoms with Gasteiger partial charge in [-0.2, -0.15) is 5.10 Å². The lowest BCUT2D eigenvalue weighted by molar-refractivity contribution is 0.476. The van der Waals surface area contributed by atoms with Gasteiger partial charge in [0.2, 0.25) is 0 Å². The summed E-state index contributed by atoms with van der Waals surface area (Å²) in [5.74, 6) is 0.140. The summed E-state index contributed by atoms with van der Waals surface area (Å²) in [5.41, 5.74) is 8.71. The number of aromatic hydroxyl groups is 1. The molecule has 3 aromatic rings. The van der Waals surface area contributed by atoms with Crippen LogP contribution in [0.15, 0.2) is 50.7 Å². The van der Waals surface area contributed by atoms with Crippen LogP contribution in [0.1, 0.15) is 48.1 Å². The van der Waals surface area contributed by atoms with Crippen LogP contribution in [0.25, 0.3) is 11.0 Å². The number of aryl methyl sites for hydroxylation is 2. The van der Waals surface area contributed by atoms with Crippen LogP contribution in [0.5, 0.6) is 5.75 Å². The fraction of sp³-hybridized carbons (Fsp3) is 0.333. The summed E-state index contributed by atoms with van der Waals surface area (Å²) in [6.07, 6.45) is 2.24. The van der Waals surface area contributed by atoms with Crippen LogP contribution in [0.4, 0.5) is 5.69 Å². The van der Waals surface area contributed by atoms with Crippen LogP contribution in [-0.4, -0.2) is 24.9 Å². The van der Waals surface area contributed by atoms with Crippen molar-refractivity contribution in [2.45, 2.75) is 39.2 Å². The highest BCUT2D eigenvalue weighted by Gasteiger charge is 2.26. The summed E-state index contributed by atoms with van der Waals surface area (Å²) >= 11 is 0. The fourth-order valence-corrected chi connectivity index (χ4v) is 4.14. The highest BCUT2D eigenvalue weighted by molar-refractivity contribution is 6.09. The summed E-state index contributed by atoms with van der Waals surface area (Å²) in [5, 5.41) is 16.3. The smallest absolute Gasteiger partial charge is 0.336 e. The van der Waals surface area contributed by atoms with Gasteiger partial charge in [0.25, 0.3) is 0 Å². The molecule has 0 unspecified atom stereocenters. The molecule has 30 heavy (non-hydrogen) atoms. The van der Waals surface area contributed by atoms with E-state index in [1.54, 1.807) is 0 Å². The number of fused-ring (bicyclic) bond motifs is 1. The summed E-state index contributed by atoms with van der Waals surface area (Å²) < 4.78 is 5.37. The molecule has 0 saturated heterocycles. The molecule has 2 N–H and O–H groups in total. The first-order valence-electron chi connectivity index (χ1n) is 10.3. The topological polar surface area (TPSA) is 78.1 Å². The molecule has 0 spiro atoms. The van der Waals surface area contributed by atoms with Gasteiger partial charge in [-0.15, -0.1) is 0 Å². The first-order chi connectivity index (χ1) is 14.4. The van der Waals surface area contributed by atoms with Gasteiger partial charge in [-0.3, -0.25) is 0 Å². The van der Waals surface area contributed by atoms with Crippen molar-refractivity contribution >= 4 is 22.4 Å². The first kappa shape index (κ1) is 20.0. The average molecular weight is 405 g/mol. The van der Waals surface area contributed by atoms with Crippen molar-refractivity contribution in [1.29, 1.82) is 0 Å². The van der Waals surface area contributed by atoms with Gasteiger partial charge in [-0.1, -0.05) is 25.5 Å². The minimum Gasteiger partial charge on any atom is -0.506 e. The van der Waals surface area contributed by atoms with Gasteiger partial charge < -0.3 is 19.8 Å². The molecule has 0 amide bonds. The standard InChI is InChI=1S/C24H27N3O3/c1-5-6-16-12-21(28)30-20-11-14(2)22(24(29)23(16)20)19-13-18(25-26-19)15-7-9-17(10-8-15)27(3)4/h7-12,18,25,29H,5-6,13H2,1-4H3/t18-/m1/s1. The minimum absolute atomic E-state index is 0.0505. The zero-order valence-corrected chi connectivity index (χ0v) is 17.8. The molecule has 0 radical (unpaired) electrons. The molecule has 2 heterocycles. The molecular weight excluding hydrogens is 378 g/mol. The van der Waals surface area contributed by atoms with E-state index >= 15 is 0 Å². The molecule has 0 bridgehead atoms. The Balaban J connectivity index is 1.70. The molecule has 1 aromatic heterocycles. The van der Waals surface area contributed by atoms with E-state index < -0.39 is 5.63 Å². The lowest BCUT2D eigenvalue weighted by Crippen LogP contribution is -2.12. The largest absolute Gasteiger partial charge is 0.506 e. The van der Waals surface area contributed by atoms with Gasteiger partial charge in [-0.05, 0) is 48.2 Å². The average Bonchev–Trinajstić information content (AvgIpc) is 3.17. The maximum Gasteiger partial charge on any atom is 0.336 e. The highest BCUT2D eigenvalue weighted by atomic mass is 16.4. The number of nitrogens with zero attached hydrogens (tertiary/aromatic N) is 2. The molecule has 0 aliphatic carbocycles. The third kappa shape index (κ3) is 3.54. The zero-order valence-electron chi connectivity index (χ0n) is 17.8. The van der Waals surface area contributed by atoms with Gasteiger partial charge in [0.05, 0.1) is 17.1 Å². The van der Waals surface area contributed by atoms with Gasteiger partial charge in [0.15, 0.2) is 0 Å². The van der Waals surface area contributed by atoms with Crippen LogP contribution < -0.4 is 16.0 Å². The van der Waals surface area contributed by atoms with Crippen molar-refractivity contribution in [2.24, 2.45) is 5.10 Å². The minimum atomic E-state index is -0.390. The van der Waals surface area contributed by atoms with E-state index in [9.17, 15) is 9.90 Å². The molecule has 6 heteroatoms. The van der Waals surface area contributed by atoms with Gasteiger partial charge >= 0.3 is 5.63 Å². The molecule has 1 aliphatic heterocycles. The number of phenols is 1. The van der Waals surface area contributed by atoms with Crippen LogP contribution in [0.3, 0.4) is 0 Å². The Hall–Kier alpha value is -3.28. The van der Waals surface area contributed by atoms with E-state index in [1.807, 2.05) is 34.0 Å². The summed E-state index contributed by atoms with van der Waals surface area (Å²) in [4.78, 5) is 14.0. The van der Waals surface area contributed by atoms with E-state index in [0.29, 0.717) is 29.4 Å². The predicted molar refractivity (Wildman–Crippen MR) is 121 cm³/mol. The molecule has 156 valence electrons. The Morgan fingerprint density at radius 2 is 1.97 bits per heavy atom. The van der Waals surface area contributed by atoms with Crippen LogP contribution in [-0.2, 0) is 6.42 Å². The third-order valence-electron chi connectivity index (χ3n) is 5.66. The lowest BCUT2D eigenvalue weighted by Gasteiger charge is -2.16. The van der Waals surface area contributed by atoms with Crippen molar-refractivity contribution in [3.8, 4) is 5.75 Å². The second-order valence-electron chi connectivity index (χ2n) is 8.06. The second kappa shape index (κ2) is 7.86. The summed E-state index contributed by atoms with van der Waals surface area (Å²) in [7, 11) is 4.04. The number of hydrogen-bond acceptors (Lipinski definition) is 6. The van der Waals surface area contributed by atoms with E-state index in [1.165, 1.54) is 6.07 Å². The van der Waals surface area contributed by atoms with Crippen molar-refractivity contribution in [2.75, 3.05) is 19.0 Å². The molecule has 1 aliphatic rings. The molecule has 0 saturated carbocycles. The van der Waals surface area contributed by atoms with E-state index in [-0.39, 0.29) is 11.8 Å². The van der Waals surface area contributed by atoms with Crippen LogP contribution in [0.2, 0.25) is 0 Å². The number of benzene rings is 2. The predicted octanol–water partition coefficient (Wildman–Crippen LogP) is 4.26. The van der Waals surface area contributed by atoms with Crippen molar-refractivity contribution in [3.05, 3.63) is 69.1 Å². The van der Waals surface area contributed by atoms with E-state index in [2.05, 4.69) is 39.7 Å². The van der Waals surface area contributed by atoms with Crippen molar-refractivity contribution < 1.29 is 9.52 Å². The van der Waals surface area contributed by atoms with E-state index in [0.717, 1.165) is 34.5 Å². The van der Waals surface area contributed by atoms with Gasteiger partial charge in [0, 0.05) is 37.8 Å². The second-order valence-corrected chi connectivity index (χ2v) is 8.06. The Bertz CT molecular complexity index is 1180. The number of hydrazone groups is 1. The molecule has 2 aromatic carbocycles. The monoisotopic (exact) mass is 405 g/mol. The van der Waals surface area contributed by atoms with Gasteiger partial charge in [0.1, 0.15) is 11.3 Å². The fourth-order valence-electron chi connectivity index (χ4n) is 4.14. The molecular formula is C24H27N3O3. The highest BCUT2D eigenvalue weighted by Crippen LogP contribution is 2.37. The Morgan fingerprint density at radius 3 is 2.63 bits per heavy atom. The molecule has 6 nitrogen and oxygen atoms in total. The normalized spacial score (nSPS) is 15.9. The Labute approximate surface area is 175 Å². The first-order valence-corrected chi connectivity index (χ1v) is 10.3. The molecule has 0 fully saturated rings. The number of nitrogens with one attached hydrogen (secondary N) is 1. The van der Waals surface area contributed by atoms with Crippen LogP contribution in [0, 0.1) is 6.92 Å². The number of phenolic OH excluding ortho intramolecular Hbond substituents is 1. The lowest BCUT2D eigenvalue weighted by atomic mass is 9.92. The number of hydrogen-bond donors (Lipinski definition) is 2. The van der Waals surface area contributed by atoms with Crippen LogP contribution >= 0.6 is 0 Å². The zero-order chi connectivity index (χ0) is 21.4. The maximum absolute atomic E-state index is 11.9. The van der Waals surface area contributed by atoms with Crippen molar-refractivity contribution in [3.63, 3.8) is 0 Å². The SMILES string of the molecule is CCCc1cc(=O)oc2cc(C)c(C3=NN[C@@H](c4ccc(N(C)C)cc4)C3)c(O)c12. The van der Waals surface area contributed by atoms with Crippen molar-refractivity contribution in [1.82, 2.24) is 5.43 Å². The van der Waals surface area contributed by atoms with E-state index in [4.69, 9.17) is 4.42 Å². The Kier molecular flexibility index (Phi) is 5.24. The quantitative estimate of drug-likeness (QED) is 0.620. The third-order valence-corrected chi connectivity index (χ3v) is 5.66. The molecule has 1 atom stereocenters. The Morgan fingerprint density at radius 1 is 1.23 bits per heavy atom. The summed E-state index contributed by atoms with van der Waals surface area (Å²) in [6.45, 7) is 3.95.